The first-order valence-corrected chi connectivity index (χ1v) is 28.3. The van der Waals surface area contributed by atoms with Crippen LogP contribution in [0.5, 0.6) is 23.0 Å². The molecule has 0 saturated heterocycles. The first-order chi connectivity index (χ1) is 43.4. The van der Waals surface area contributed by atoms with Crippen LogP contribution in [0.25, 0.3) is 0 Å². The highest BCUT2D eigenvalue weighted by Crippen LogP contribution is 2.28. The van der Waals surface area contributed by atoms with Crippen LogP contribution >= 0.6 is 0 Å². The zero-order valence-electron chi connectivity index (χ0n) is 50.4. The lowest BCUT2D eigenvalue weighted by atomic mass is 10.1. The van der Waals surface area contributed by atoms with Gasteiger partial charge in [0.05, 0.1) is 49.6 Å². The van der Waals surface area contributed by atoms with E-state index in [1.54, 1.807) is 0 Å². The van der Waals surface area contributed by atoms with Crippen LogP contribution in [-0.2, 0) is 24.0 Å². The molecule has 0 spiro atoms. The van der Waals surface area contributed by atoms with Gasteiger partial charge in [0.25, 0.3) is 23.6 Å². The van der Waals surface area contributed by atoms with E-state index in [2.05, 4.69) is 58.5 Å². The van der Waals surface area contributed by atoms with E-state index in [0.717, 1.165) is 6.07 Å². The summed E-state index contributed by atoms with van der Waals surface area (Å²) in [5.74, 6) is -8.69. The molecule has 4 rings (SSSR count). The molecule has 34 nitrogen and oxygen atoms in total. The third-order valence-corrected chi connectivity index (χ3v) is 13.2. The van der Waals surface area contributed by atoms with Crippen LogP contribution in [0, 0.1) is 16.2 Å². The molecule has 0 heterocycles. The van der Waals surface area contributed by atoms with Crippen molar-refractivity contribution in [3.63, 3.8) is 0 Å². The first-order valence-electron chi connectivity index (χ1n) is 28.3. The van der Waals surface area contributed by atoms with Crippen LogP contribution in [0.1, 0.15) is 92.8 Å². The molecule has 4 aromatic rings. The Morgan fingerprint density at radius 2 is 0.780 bits per heavy atom. The van der Waals surface area contributed by atoms with Gasteiger partial charge in [-0.3, -0.25) is 54.6 Å². The van der Waals surface area contributed by atoms with Gasteiger partial charge < -0.3 is 117 Å². The molecule has 0 aliphatic rings. The number of hydrogen-bond acceptors (Lipinski definition) is 19. The molecular formula is C57H80N20O14. The topological polar surface area (TPSA) is 571 Å². The van der Waals surface area contributed by atoms with Gasteiger partial charge in [0.15, 0.2) is 24.5 Å². The third kappa shape index (κ3) is 24.2. The highest BCUT2D eigenvalue weighted by Gasteiger charge is 2.29. The van der Waals surface area contributed by atoms with E-state index in [9.17, 15) is 43.2 Å². The Kier molecular flexibility index (Phi) is 29.5. The molecule has 0 aromatic heterocycles. The Labute approximate surface area is 522 Å². The fourth-order valence-corrected chi connectivity index (χ4v) is 8.66. The number of carbonyl (C=O) groups is 9. The van der Waals surface area contributed by atoms with E-state index in [4.69, 9.17) is 74.7 Å². The van der Waals surface area contributed by atoms with Gasteiger partial charge in [-0.05, 0) is 131 Å². The normalized spacial score (nSPS) is 11.9. The summed E-state index contributed by atoms with van der Waals surface area (Å²) in [5.41, 5.74) is 33.2. The van der Waals surface area contributed by atoms with Gasteiger partial charge in [0, 0.05) is 49.1 Å². The van der Waals surface area contributed by atoms with E-state index in [1.807, 2.05) is 0 Å². The average molecular weight is 1270 g/mol. The molecule has 91 heavy (non-hydrogen) atoms. The maximum atomic E-state index is 14.4. The lowest BCUT2D eigenvalue weighted by Gasteiger charge is -2.22. The van der Waals surface area contributed by atoms with Crippen LogP contribution in [0.2, 0.25) is 0 Å². The van der Waals surface area contributed by atoms with E-state index in [0.29, 0.717) is 19.4 Å². The smallest absolute Gasteiger partial charge is 0.341 e. The van der Waals surface area contributed by atoms with E-state index >= 15 is 0 Å². The number of ether oxygens (including phenoxy) is 4. The van der Waals surface area contributed by atoms with E-state index in [1.165, 1.54) is 88.1 Å². The summed E-state index contributed by atoms with van der Waals surface area (Å²) in [6, 6.07) is 11.3. The minimum Gasteiger partial charge on any atom is -0.496 e. The number of benzene rings is 4. The van der Waals surface area contributed by atoms with Gasteiger partial charge in [-0.2, -0.15) is 0 Å². The first kappa shape index (κ1) is 72.5. The number of amides is 8. The predicted molar refractivity (Wildman–Crippen MR) is 337 cm³/mol. The van der Waals surface area contributed by atoms with Gasteiger partial charge >= 0.3 is 5.97 Å². The molecule has 0 aliphatic carbocycles. The summed E-state index contributed by atoms with van der Waals surface area (Å²) >= 11 is 0. The number of carbonyl (C=O) groups excluding carboxylic acids is 8. The SMILES string of the molecule is COc1ccc(NC(=O)[C@H](CCCNC(=N)N)NC(=O)c2cc(NC(=O)[C@H](CCCNC(=N)N)NC(=O)c3cc(NC(=O)[C@@H](N)CCCNCN)ccc3OC)ccc2OC)cc1C(=O)N[C@@H](CCCNC(=N)N)C(=O)Nc1ccc(OCC(=O)O)c(C(N)=O)c1. The van der Waals surface area contributed by atoms with Gasteiger partial charge in [0.2, 0.25) is 23.6 Å². The number of hydrogen-bond donors (Lipinski definition) is 21. The Bertz CT molecular complexity index is 3280. The maximum Gasteiger partial charge on any atom is 0.341 e. The summed E-state index contributed by atoms with van der Waals surface area (Å²) in [6.45, 7) is 0.401. The Morgan fingerprint density at radius 3 is 1.09 bits per heavy atom. The second-order valence-corrected chi connectivity index (χ2v) is 19.9. The number of carboxylic acid groups (broad SMARTS) is 1. The summed E-state index contributed by atoms with van der Waals surface area (Å²) in [7, 11) is 3.89. The molecule has 0 saturated carbocycles. The van der Waals surface area contributed by atoms with E-state index in [-0.39, 0.29) is 151 Å². The fraction of sp³-hybridized carbons (Fsp3) is 0.368. The molecule has 4 aromatic carbocycles. The molecule has 0 bridgehead atoms. The number of anilines is 4. The summed E-state index contributed by atoms with van der Waals surface area (Å²) < 4.78 is 21.6. The maximum absolute atomic E-state index is 14.4. The lowest BCUT2D eigenvalue weighted by Crippen LogP contribution is -2.45. The van der Waals surface area contributed by atoms with Crippen molar-refractivity contribution in [2.45, 2.75) is 75.5 Å². The number of methoxy groups -OCH3 is 3. The number of carboxylic acids is 1. The molecule has 0 unspecified atom stereocenters. The van der Waals surface area contributed by atoms with Crippen molar-refractivity contribution in [3.8, 4) is 23.0 Å². The lowest BCUT2D eigenvalue weighted by molar-refractivity contribution is -0.139. The summed E-state index contributed by atoms with van der Waals surface area (Å²) in [5, 5.41) is 61.3. The number of rotatable bonds is 38. The van der Waals surface area contributed by atoms with Crippen molar-refractivity contribution in [2.75, 3.05) is 82.1 Å². The number of guanidine groups is 3. The average Bonchev–Trinajstić information content (AvgIpc) is 1.36. The van der Waals surface area contributed by atoms with Crippen molar-refractivity contribution < 1.29 is 67.2 Å². The second kappa shape index (κ2) is 37.0. The molecule has 8 amide bonds. The minimum atomic E-state index is -1.35. The van der Waals surface area contributed by atoms with Crippen molar-refractivity contribution in [3.05, 3.63) is 95.1 Å². The molecule has 0 aliphatic heterocycles. The highest BCUT2D eigenvalue weighted by molar-refractivity contribution is 6.08. The Balaban J connectivity index is 1.60. The van der Waals surface area contributed by atoms with Gasteiger partial charge in [-0.15, -0.1) is 0 Å². The van der Waals surface area contributed by atoms with Crippen molar-refractivity contribution in [2.24, 2.45) is 34.4 Å². The number of primary amides is 1. The molecule has 0 fully saturated rings. The zero-order chi connectivity index (χ0) is 67.2. The molecule has 492 valence electrons. The van der Waals surface area contributed by atoms with Crippen LogP contribution in [-0.4, -0.2) is 161 Å². The molecule has 34 heteroatoms. The zero-order valence-corrected chi connectivity index (χ0v) is 50.4. The molecule has 0 radical (unpaired) electrons. The second-order valence-electron chi connectivity index (χ2n) is 19.9. The van der Waals surface area contributed by atoms with Crippen LogP contribution in [0.15, 0.2) is 72.8 Å². The third-order valence-electron chi connectivity index (χ3n) is 13.2. The standard InChI is InChI=1S/C57H80N20O14/c1-88-42-16-12-31(71-51(84)38(59)8-4-20-67-29-58)25-35(42)48(81)76-40(10-6-22-69-56(63)64)53(86)73-33-14-18-44(90-3)37(27-33)50(83)77-41(11-7-23-70-57(65)66)54(87)74-32-13-17-43(89-2)36(26-32)49(82)75-39(9-5-21-68-55(61)62)52(85)72-30-15-19-45(91-28-46(78)79)34(24-30)47(60)80/h12-19,24-27,38-41,67H,4-11,20-23,28-29,58-59H2,1-3H3,(H2,60,80)(H,71,84)(H,72,85)(H,73,86)(H,74,87)(H,75,82)(H,76,81)(H,77,83)(H,78,79)(H4,61,62,68)(H4,63,64,69)(H4,65,66,70)/t38-,39-,40-,41-/m0/s1. The number of aliphatic carboxylic acids is 1. The quantitative estimate of drug-likeness (QED) is 0.0109. The Morgan fingerprint density at radius 1 is 0.462 bits per heavy atom. The highest BCUT2D eigenvalue weighted by atomic mass is 16.5. The predicted octanol–water partition coefficient (Wildman–Crippen LogP) is -1.17. The van der Waals surface area contributed by atoms with Crippen LogP contribution in [0.4, 0.5) is 22.7 Å². The van der Waals surface area contributed by atoms with Crippen molar-refractivity contribution in [1.29, 1.82) is 16.2 Å². The van der Waals surface area contributed by atoms with Gasteiger partial charge in [-0.1, -0.05) is 0 Å². The molecular weight excluding hydrogens is 1190 g/mol. The largest absolute Gasteiger partial charge is 0.496 e. The van der Waals surface area contributed by atoms with Crippen molar-refractivity contribution >= 4 is 93.9 Å². The van der Waals surface area contributed by atoms with Gasteiger partial charge in [0.1, 0.15) is 41.1 Å². The van der Waals surface area contributed by atoms with E-state index < -0.39 is 84.0 Å². The summed E-state index contributed by atoms with van der Waals surface area (Å²) in [4.78, 5) is 121. The Hall–Kier alpha value is -11.0. The summed E-state index contributed by atoms with van der Waals surface area (Å²) in [6.07, 6.45) is 1.39. The number of nitrogens with one attached hydrogen (secondary N) is 14. The fourth-order valence-electron chi connectivity index (χ4n) is 8.66. The van der Waals surface area contributed by atoms with Crippen LogP contribution < -0.4 is 112 Å². The monoisotopic (exact) mass is 1270 g/mol. The van der Waals surface area contributed by atoms with Crippen molar-refractivity contribution in [1.82, 2.24) is 37.2 Å². The minimum absolute atomic E-state index is 0.00314. The molecule has 4 atom stereocenters. The van der Waals surface area contributed by atoms with Crippen LogP contribution in [0.3, 0.4) is 0 Å². The van der Waals surface area contributed by atoms with Gasteiger partial charge in [-0.25, -0.2) is 4.79 Å². The number of nitrogens with two attached hydrogens (primary N) is 6. The molecule has 27 N–H and O–H groups in total.